The zero-order chi connectivity index (χ0) is 12.1. The first-order valence-electron chi connectivity index (χ1n) is 6.59. The van der Waals surface area contributed by atoms with Gasteiger partial charge in [-0.1, -0.05) is 12.1 Å². The third kappa shape index (κ3) is 3.26. The summed E-state index contributed by atoms with van der Waals surface area (Å²) in [6.07, 6.45) is 5.16. The third-order valence-corrected chi connectivity index (χ3v) is 3.43. The molecule has 2 N–H and O–H groups in total. The highest BCUT2D eigenvalue weighted by atomic mass is 16.5. The summed E-state index contributed by atoms with van der Waals surface area (Å²) in [6.45, 7) is 5.20. The van der Waals surface area contributed by atoms with Crippen LogP contribution in [-0.2, 0) is 12.8 Å². The molecular formula is C12H22N4O. The Kier molecular flexibility index (Phi) is 4.50. The molecule has 2 rings (SSSR count). The van der Waals surface area contributed by atoms with E-state index in [2.05, 4.69) is 22.0 Å². The molecule has 1 aliphatic heterocycles. The first-order valence-corrected chi connectivity index (χ1v) is 6.59. The van der Waals surface area contributed by atoms with E-state index < -0.39 is 0 Å². The molecule has 1 aromatic heterocycles. The second-order valence-electron chi connectivity index (χ2n) is 4.63. The molecule has 1 aliphatic rings. The topological polar surface area (TPSA) is 68.2 Å². The maximum Gasteiger partial charge on any atom is 0.228 e. The first-order chi connectivity index (χ1) is 8.33. The van der Waals surface area contributed by atoms with Gasteiger partial charge in [0.25, 0.3) is 0 Å². The highest BCUT2D eigenvalue weighted by Gasteiger charge is 2.25. The molecule has 0 aliphatic carbocycles. The van der Waals surface area contributed by atoms with E-state index in [1.54, 1.807) is 0 Å². The van der Waals surface area contributed by atoms with E-state index in [9.17, 15) is 0 Å². The Bertz CT molecular complexity index is 339. The number of aryl methyl sites for hydroxylation is 1. The van der Waals surface area contributed by atoms with Crippen molar-refractivity contribution < 1.29 is 4.52 Å². The average molecular weight is 238 g/mol. The molecule has 1 fully saturated rings. The first kappa shape index (κ1) is 12.5. The Morgan fingerprint density at radius 3 is 3.18 bits per heavy atom. The standard InChI is InChI=1S/C12H22N4O/c1-2-16-8-4-5-10(16)9-12-14-11(15-17-12)6-3-7-13/h10H,2-9,13H2,1H3. The van der Waals surface area contributed by atoms with Gasteiger partial charge in [0.15, 0.2) is 5.82 Å². The molecule has 96 valence electrons. The van der Waals surface area contributed by atoms with Crippen molar-refractivity contribution in [2.45, 2.75) is 45.1 Å². The molecule has 1 aromatic rings. The molecule has 5 nitrogen and oxygen atoms in total. The average Bonchev–Trinajstić information content (AvgIpc) is 2.96. The lowest BCUT2D eigenvalue weighted by Gasteiger charge is -2.20. The molecule has 0 spiro atoms. The van der Waals surface area contributed by atoms with Crippen LogP contribution in [0.1, 0.15) is 37.9 Å². The van der Waals surface area contributed by atoms with Gasteiger partial charge >= 0.3 is 0 Å². The van der Waals surface area contributed by atoms with E-state index in [0.717, 1.165) is 37.5 Å². The number of hydrogen-bond donors (Lipinski definition) is 1. The molecule has 0 radical (unpaired) electrons. The zero-order valence-corrected chi connectivity index (χ0v) is 10.6. The van der Waals surface area contributed by atoms with E-state index in [-0.39, 0.29) is 0 Å². The summed E-state index contributed by atoms with van der Waals surface area (Å²) in [5.41, 5.74) is 5.46. The van der Waals surface area contributed by atoms with Gasteiger partial charge in [-0.05, 0) is 38.9 Å². The number of likely N-dealkylation sites (tertiary alicyclic amines) is 1. The zero-order valence-electron chi connectivity index (χ0n) is 10.6. The van der Waals surface area contributed by atoms with Crippen molar-refractivity contribution >= 4 is 0 Å². The van der Waals surface area contributed by atoms with E-state index >= 15 is 0 Å². The molecule has 0 amide bonds. The van der Waals surface area contributed by atoms with Gasteiger partial charge in [-0.3, -0.25) is 0 Å². The number of rotatable bonds is 6. The summed E-state index contributed by atoms with van der Waals surface area (Å²) >= 11 is 0. The maximum absolute atomic E-state index is 5.46. The molecular weight excluding hydrogens is 216 g/mol. The van der Waals surface area contributed by atoms with Crippen molar-refractivity contribution in [3.05, 3.63) is 11.7 Å². The van der Waals surface area contributed by atoms with Crippen molar-refractivity contribution in [2.24, 2.45) is 5.73 Å². The van der Waals surface area contributed by atoms with Crippen molar-refractivity contribution in [3.8, 4) is 0 Å². The van der Waals surface area contributed by atoms with Crippen LogP contribution in [0.15, 0.2) is 4.52 Å². The van der Waals surface area contributed by atoms with Crippen molar-refractivity contribution in [2.75, 3.05) is 19.6 Å². The molecule has 1 atom stereocenters. The highest BCUT2D eigenvalue weighted by molar-refractivity contribution is 4.92. The fourth-order valence-electron chi connectivity index (χ4n) is 2.48. The number of likely N-dealkylation sites (N-methyl/N-ethyl adjacent to an activating group) is 1. The third-order valence-electron chi connectivity index (χ3n) is 3.43. The molecule has 1 unspecified atom stereocenters. The van der Waals surface area contributed by atoms with Gasteiger partial charge in [0, 0.05) is 18.9 Å². The SMILES string of the molecule is CCN1CCCC1Cc1nc(CCCN)no1. The van der Waals surface area contributed by atoms with Gasteiger partial charge in [-0.2, -0.15) is 4.98 Å². The van der Waals surface area contributed by atoms with Crippen LogP contribution >= 0.6 is 0 Å². The number of hydrogen-bond acceptors (Lipinski definition) is 5. The Morgan fingerprint density at radius 2 is 2.41 bits per heavy atom. The van der Waals surface area contributed by atoms with Crippen molar-refractivity contribution in [3.63, 3.8) is 0 Å². The van der Waals surface area contributed by atoms with Crippen LogP contribution in [0.2, 0.25) is 0 Å². The van der Waals surface area contributed by atoms with Crippen LogP contribution in [-0.4, -0.2) is 40.7 Å². The minimum Gasteiger partial charge on any atom is -0.339 e. The summed E-state index contributed by atoms with van der Waals surface area (Å²) in [5, 5.41) is 3.99. The minimum absolute atomic E-state index is 0.586. The Labute approximate surface area is 102 Å². The molecule has 0 bridgehead atoms. The highest BCUT2D eigenvalue weighted by Crippen LogP contribution is 2.20. The summed E-state index contributed by atoms with van der Waals surface area (Å²) < 4.78 is 5.29. The maximum atomic E-state index is 5.46. The summed E-state index contributed by atoms with van der Waals surface area (Å²) in [7, 11) is 0. The molecule has 17 heavy (non-hydrogen) atoms. The molecule has 1 saturated heterocycles. The summed E-state index contributed by atoms with van der Waals surface area (Å²) in [6, 6.07) is 0.586. The van der Waals surface area contributed by atoms with E-state index in [0.29, 0.717) is 12.6 Å². The summed E-state index contributed by atoms with van der Waals surface area (Å²) in [4.78, 5) is 6.91. The second-order valence-corrected chi connectivity index (χ2v) is 4.63. The largest absolute Gasteiger partial charge is 0.339 e. The van der Waals surface area contributed by atoms with E-state index in [1.165, 1.54) is 19.4 Å². The fourth-order valence-corrected chi connectivity index (χ4v) is 2.48. The number of nitrogens with two attached hydrogens (primary N) is 1. The number of nitrogens with zero attached hydrogens (tertiary/aromatic N) is 3. The van der Waals surface area contributed by atoms with Crippen LogP contribution in [0.4, 0.5) is 0 Å². The van der Waals surface area contributed by atoms with Crippen LogP contribution in [0.25, 0.3) is 0 Å². The Balaban J connectivity index is 1.87. The second kappa shape index (κ2) is 6.12. The van der Waals surface area contributed by atoms with Gasteiger partial charge < -0.3 is 15.2 Å². The van der Waals surface area contributed by atoms with Crippen molar-refractivity contribution in [1.82, 2.24) is 15.0 Å². The monoisotopic (exact) mass is 238 g/mol. The molecule has 0 aromatic carbocycles. The Hall–Kier alpha value is -0.940. The Morgan fingerprint density at radius 1 is 1.53 bits per heavy atom. The van der Waals surface area contributed by atoms with Crippen molar-refractivity contribution in [1.29, 1.82) is 0 Å². The molecule has 2 heterocycles. The molecule has 5 heteroatoms. The van der Waals surface area contributed by atoms with Crippen LogP contribution in [0, 0.1) is 0 Å². The van der Waals surface area contributed by atoms with E-state index in [4.69, 9.17) is 10.3 Å². The lowest BCUT2D eigenvalue weighted by atomic mass is 10.1. The fraction of sp³-hybridized carbons (Fsp3) is 0.833. The lowest BCUT2D eigenvalue weighted by Crippen LogP contribution is -2.30. The lowest BCUT2D eigenvalue weighted by molar-refractivity contribution is 0.246. The van der Waals surface area contributed by atoms with Gasteiger partial charge in [0.2, 0.25) is 5.89 Å². The predicted octanol–water partition coefficient (Wildman–Crippen LogP) is 0.988. The normalized spacial score (nSPS) is 21.2. The number of aromatic nitrogens is 2. The van der Waals surface area contributed by atoms with Gasteiger partial charge in [0.1, 0.15) is 0 Å². The van der Waals surface area contributed by atoms with Crippen LogP contribution in [0.5, 0.6) is 0 Å². The quantitative estimate of drug-likeness (QED) is 0.800. The van der Waals surface area contributed by atoms with Gasteiger partial charge in [-0.15, -0.1) is 0 Å². The van der Waals surface area contributed by atoms with Gasteiger partial charge in [-0.25, -0.2) is 0 Å². The van der Waals surface area contributed by atoms with E-state index in [1.807, 2.05) is 0 Å². The predicted molar refractivity (Wildman–Crippen MR) is 65.6 cm³/mol. The molecule has 0 saturated carbocycles. The van der Waals surface area contributed by atoms with Crippen LogP contribution in [0.3, 0.4) is 0 Å². The van der Waals surface area contributed by atoms with Gasteiger partial charge in [0.05, 0.1) is 0 Å². The summed E-state index contributed by atoms with van der Waals surface area (Å²) in [5.74, 6) is 1.58. The van der Waals surface area contributed by atoms with Crippen LogP contribution < -0.4 is 5.73 Å². The smallest absolute Gasteiger partial charge is 0.228 e. The minimum atomic E-state index is 0.586.